The van der Waals surface area contributed by atoms with Crippen molar-refractivity contribution in [1.29, 1.82) is 4.78 Å². The molecule has 0 aliphatic rings. The van der Waals surface area contributed by atoms with Crippen molar-refractivity contribution >= 4 is 37.1 Å². The molecule has 1 N–H and O–H groups in total. The van der Waals surface area contributed by atoms with Crippen LogP contribution in [0.2, 0.25) is 0 Å². The number of nitrogens with one attached hydrogen (secondary N) is 1. The molecule has 6 heteroatoms. The van der Waals surface area contributed by atoms with Crippen molar-refractivity contribution in [1.82, 2.24) is 0 Å². The molecular weight excluding hydrogens is 258 g/mol. The van der Waals surface area contributed by atoms with E-state index in [-0.39, 0.29) is 5.97 Å². The number of benzene rings is 1. The Labute approximate surface area is 103 Å². The van der Waals surface area contributed by atoms with Gasteiger partial charge in [-0.3, -0.25) is 0 Å². The normalized spacial score (nSPS) is 14.5. The molecule has 1 unspecified atom stereocenters. The number of ether oxygens (including phenoxy) is 1. The minimum Gasteiger partial charge on any atom is -0.465 e. The second-order valence-electron chi connectivity index (χ2n) is 3.65. The molecule has 0 saturated carbocycles. The minimum atomic E-state index is -2.72. The van der Waals surface area contributed by atoms with E-state index in [1.54, 1.807) is 24.3 Å². The second-order valence-corrected chi connectivity index (χ2v) is 6.89. The molecule has 1 atom stereocenters. The number of hydrogen-bond acceptors (Lipinski definition) is 5. The van der Waals surface area contributed by atoms with Crippen LogP contribution in [0.5, 0.6) is 0 Å². The van der Waals surface area contributed by atoms with Crippen LogP contribution in [0, 0.1) is 4.78 Å². The van der Waals surface area contributed by atoms with Gasteiger partial charge in [0.1, 0.15) is 4.88 Å². The molecule has 1 heterocycles. The van der Waals surface area contributed by atoms with Crippen molar-refractivity contribution in [2.45, 2.75) is 4.90 Å². The summed E-state index contributed by atoms with van der Waals surface area (Å²) in [5.74, 6) is -0.379. The number of carbonyl (C=O) groups excluding carboxylic acids is 1. The Morgan fingerprint density at radius 2 is 2.12 bits per heavy atom. The van der Waals surface area contributed by atoms with Gasteiger partial charge in [-0.1, -0.05) is 0 Å². The predicted molar refractivity (Wildman–Crippen MR) is 68.2 cm³/mol. The van der Waals surface area contributed by atoms with Crippen molar-refractivity contribution in [3.05, 3.63) is 29.1 Å². The van der Waals surface area contributed by atoms with E-state index < -0.39 is 9.73 Å². The summed E-state index contributed by atoms with van der Waals surface area (Å²) in [7, 11) is -1.39. The van der Waals surface area contributed by atoms with Crippen LogP contribution in [0.15, 0.2) is 29.2 Å². The van der Waals surface area contributed by atoms with E-state index in [1.807, 2.05) is 0 Å². The van der Waals surface area contributed by atoms with Crippen LogP contribution in [-0.4, -0.2) is 23.5 Å². The molecule has 2 aromatic rings. The van der Waals surface area contributed by atoms with E-state index in [4.69, 9.17) is 4.78 Å². The Morgan fingerprint density at radius 3 is 2.71 bits per heavy atom. The lowest BCUT2D eigenvalue weighted by atomic mass is 10.2. The molecule has 17 heavy (non-hydrogen) atoms. The van der Waals surface area contributed by atoms with Crippen LogP contribution in [-0.2, 0) is 14.5 Å². The topological polar surface area (TPSA) is 67.2 Å². The van der Waals surface area contributed by atoms with Crippen LogP contribution in [0.3, 0.4) is 0 Å². The van der Waals surface area contributed by atoms with E-state index in [2.05, 4.69) is 4.74 Å². The largest absolute Gasteiger partial charge is 0.465 e. The van der Waals surface area contributed by atoms with Crippen molar-refractivity contribution in [3.8, 4) is 0 Å². The number of carbonyl (C=O) groups is 1. The third kappa shape index (κ3) is 2.32. The SMILES string of the molecule is COC(=O)c1cc2cc(S(C)(=N)=O)ccc2s1. The lowest BCUT2D eigenvalue weighted by Crippen LogP contribution is -1.96. The molecule has 4 nitrogen and oxygen atoms in total. The van der Waals surface area contributed by atoms with Gasteiger partial charge in [0, 0.05) is 15.9 Å². The number of hydrogen-bond donors (Lipinski definition) is 1. The van der Waals surface area contributed by atoms with Crippen molar-refractivity contribution in [2.24, 2.45) is 0 Å². The molecule has 0 spiro atoms. The summed E-state index contributed by atoms with van der Waals surface area (Å²) in [4.78, 5) is 12.3. The first kappa shape index (κ1) is 12.1. The molecule has 0 fully saturated rings. The maximum atomic E-state index is 11.6. The van der Waals surface area contributed by atoms with Gasteiger partial charge in [0.05, 0.1) is 16.8 Å². The average molecular weight is 269 g/mol. The molecule has 0 amide bonds. The van der Waals surface area contributed by atoms with Gasteiger partial charge in [-0.25, -0.2) is 13.8 Å². The van der Waals surface area contributed by atoms with Gasteiger partial charge < -0.3 is 4.74 Å². The predicted octanol–water partition coefficient (Wildman–Crippen LogP) is 2.72. The third-order valence-corrected chi connectivity index (χ3v) is 4.57. The maximum Gasteiger partial charge on any atom is 0.348 e. The zero-order valence-corrected chi connectivity index (χ0v) is 11.0. The fourth-order valence-electron chi connectivity index (χ4n) is 1.46. The molecule has 2 rings (SSSR count). The zero-order chi connectivity index (χ0) is 12.6. The molecule has 0 radical (unpaired) electrons. The highest BCUT2D eigenvalue weighted by atomic mass is 32.2. The van der Waals surface area contributed by atoms with Crippen LogP contribution < -0.4 is 0 Å². The van der Waals surface area contributed by atoms with E-state index in [1.165, 1.54) is 24.7 Å². The molecule has 90 valence electrons. The molecule has 0 bridgehead atoms. The van der Waals surface area contributed by atoms with Crippen LogP contribution in [0.4, 0.5) is 0 Å². The summed E-state index contributed by atoms with van der Waals surface area (Å²) in [6.07, 6.45) is 1.38. The Morgan fingerprint density at radius 1 is 1.41 bits per heavy atom. The van der Waals surface area contributed by atoms with Crippen LogP contribution >= 0.6 is 11.3 Å². The monoisotopic (exact) mass is 269 g/mol. The number of methoxy groups -OCH3 is 1. The second kappa shape index (κ2) is 4.12. The zero-order valence-electron chi connectivity index (χ0n) is 9.35. The smallest absolute Gasteiger partial charge is 0.348 e. The van der Waals surface area contributed by atoms with E-state index in [0.717, 1.165) is 10.1 Å². The van der Waals surface area contributed by atoms with Crippen LogP contribution in [0.25, 0.3) is 10.1 Å². The van der Waals surface area contributed by atoms with Gasteiger partial charge >= 0.3 is 5.97 Å². The van der Waals surface area contributed by atoms with Gasteiger partial charge in [-0.05, 0) is 29.7 Å². The highest BCUT2D eigenvalue weighted by Crippen LogP contribution is 2.28. The van der Waals surface area contributed by atoms with Crippen LogP contribution in [0.1, 0.15) is 9.67 Å². The molecular formula is C11H11NO3S2. The third-order valence-electron chi connectivity index (χ3n) is 2.32. The standard InChI is InChI=1S/C11H11NO3S2/c1-15-11(13)10-6-7-5-8(17(2,12)14)3-4-9(7)16-10/h3-6,12H,1-2H3. The van der Waals surface area contributed by atoms with Crippen molar-refractivity contribution < 1.29 is 13.7 Å². The molecule has 0 saturated heterocycles. The summed E-state index contributed by atoms with van der Waals surface area (Å²) in [6.45, 7) is 0. The lowest BCUT2D eigenvalue weighted by Gasteiger charge is -1.99. The van der Waals surface area contributed by atoms with Gasteiger partial charge in [-0.15, -0.1) is 11.3 Å². The van der Waals surface area contributed by atoms with E-state index in [0.29, 0.717) is 9.77 Å². The number of rotatable bonds is 2. The van der Waals surface area contributed by atoms with Gasteiger partial charge in [0.2, 0.25) is 0 Å². The first-order valence-electron chi connectivity index (χ1n) is 4.77. The Kier molecular flexibility index (Phi) is 2.92. The Balaban J connectivity index is 2.60. The Bertz CT molecular complexity index is 686. The van der Waals surface area contributed by atoms with Gasteiger partial charge in [0.25, 0.3) is 0 Å². The summed E-state index contributed by atoms with van der Waals surface area (Å²) in [5.41, 5.74) is 0. The van der Waals surface area contributed by atoms with Gasteiger partial charge in [-0.2, -0.15) is 0 Å². The van der Waals surface area contributed by atoms with Crippen molar-refractivity contribution in [2.75, 3.05) is 13.4 Å². The van der Waals surface area contributed by atoms with E-state index >= 15 is 0 Å². The van der Waals surface area contributed by atoms with E-state index in [9.17, 15) is 9.00 Å². The number of fused-ring (bicyclic) bond motifs is 1. The summed E-state index contributed by atoms with van der Waals surface area (Å²) >= 11 is 1.32. The summed E-state index contributed by atoms with van der Waals surface area (Å²) in [6, 6.07) is 6.82. The fourth-order valence-corrected chi connectivity index (χ4v) is 3.11. The molecule has 1 aromatic carbocycles. The minimum absolute atomic E-state index is 0.379. The first-order valence-corrected chi connectivity index (χ1v) is 7.56. The number of esters is 1. The first-order chi connectivity index (χ1) is 7.91. The summed E-state index contributed by atoms with van der Waals surface area (Å²) in [5, 5.41) is 0.815. The lowest BCUT2D eigenvalue weighted by molar-refractivity contribution is 0.0606. The highest BCUT2D eigenvalue weighted by Gasteiger charge is 2.12. The average Bonchev–Trinajstić information content (AvgIpc) is 2.69. The summed E-state index contributed by atoms with van der Waals surface area (Å²) < 4.78 is 24.7. The van der Waals surface area contributed by atoms with Crippen molar-refractivity contribution in [3.63, 3.8) is 0 Å². The molecule has 1 aromatic heterocycles. The highest BCUT2D eigenvalue weighted by molar-refractivity contribution is 7.91. The Hall–Kier alpha value is -1.40. The van der Waals surface area contributed by atoms with Gasteiger partial charge in [0.15, 0.2) is 0 Å². The molecule has 0 aliphatic heterocycles. The maximum absolute atomic E-state index is 11.6. The molecule has 0 aliphatic carbocycles. The number of thiophene rings is 1. The quantitative estimate of drug-likeness (QED) is 0.852. The fraction of sp³-hybridized carbons (Fsp3) is 0.182.